The Morgan fingerprint density at radius 2 is 1.59 bits per heavy atom. The number of nitrogens with one attached hydrogen (secondary N) is 1. The molecule has 212 valence electrons. The van der Waals surface area contributed by atoms with Crippen molar-refractivity contribution >= 4 is 21.9 Å². The maximum Gasteiger partial charge on any atom is 0.264 e. The van der Waals surface area contributed by atoms with Gasteiger partial charge in [-0.15, -0.1) is 0 Å². The molecule has 0 saturated heterocycles. The Kier molecular flexibility index (Phi) is 7.33. The van der Waals surface area contributed by atoms with Gasteiger partial charge in [0.25, 0.3) is 15.9 Å². The number of ether oxygens (including phenoxy) is 1. The van der Waals surface area contributed by atoms with Gasteiger partial charge in [0.2, 0.25) is 11.8 Å². The lowest BCUT2D eigenvalue weighted by Gasteiger charge is -2.29. The number of nitrogens with zero attached hydrogens (tertiary/aromatic N) is 3. The molecule has 3 aromatic carbocycles. The van der Waals surface area contributed by atoms with Crippen LogP contribution in [0.2, 0.25) is 0 Å². The monoisotopic (exact) mass is 570 g/mol. The van der Waals surface area contributed by atoms with E-state index in [1.54, 1.807) is 30.1 Å². The van der Waals surface area contributed by atoms with Crippen molar-refractivity contribution in [3.8, 4) is 17.1 Å². The van der Waals surface area contributed by atoms with E-state index in [9.17, 15) is 13.2 Å². The Labute approximate surface area is 241 Å². The number of fused-ring (bicyclic) bond motifs is 4. The van der Waals surface area contributed by atoms with Crippen molar-refractivity contribution in [1.82, 2.24) is 14.9 Å². The van der Waals surface area contributed by atoms with Crippen LogP contribution in [0.25, 0.3) is 11.3 Å². The zero-order valence-corrected chi connectivity index (χ0v) is 24.9. The first kappa shape index (κ1) is 28.3. The summed E-state index contributed by atoms with van der Waals surface area (Å²) in [7, 11) is -2.41. The Morgan fingerprint density at radius 1 is 0.927 bits per heavy atom. The summed E-state index contributed by atoms with van der Waals surface area (Å²) in [6, 6.07) is 21.2. The first-order valence-corrected chi connectivity index (χ1v) is 14.9. The smallest absolute Gasteiger partial charge is 0.264 e. The first-order chi connectivity index (χ1) is 19.3. The van der Waals surface area contributed by atoms with E-state index in [1.165, 1.54) is 17.7 Å². The van der Waals surface area contributed by atoms with E-state index in [0.717, 1.165) is 22.3 Å². The fourth-order valence-corrected chi connectivity index (χ4v) is 6.00. The van der Waals surface area contributed by atoms with Crippen molar-refractivity contribution in [2.45, 2.75) is 51.0 Å². The quantitative estimate of drug-likeness (QED) is 0.314. The molecule has 1 N–H and O–H groups in total. The van der Waals surface area contributed by atoms with Crippen molar-refractivity contribution < 1.29 is 17.9 Å². The van der Waals surface area contributed by atoms with E-state index in [0.29, 0.717) is 5.69 Å². The van der Waals surface area contributed by atoms with Crippen molar-refractivity contribution in [2.24, 2.45) is 0 Å². The highest BCUT2D eigenvalue weighted by Gasteiger charge is 2.27. The normalized spacial score (nSPS) is 17.0. The lowest BCUT2D eigenvalue weighted by atomic mass is 9.86. The summed E-state index contributed by atoms with van der Waals surface area (Å²) >= 11 is 0. The molecule has 9 heteroatoms. The predicted octanol–water partition coefficient (Wildman–Crippen LogP) is 6.06. The maximum absolute atomic E-state index is 13.7. The molecule has 0 spiro atoms. The van der Waals surface area contributed by atoms with Crippen LogP contribution in [0.3, 0.4) is 0 Å². The van der Waals surface area contributed by atoms with E-state index in [2.05, 4.69) is 47.6 Å². The molecular formula is C32H34N4O4S. The van der Waals surface area contributed by atoms with Gasteiger partial charge in [-0.1, -0.05) is 69.3 Å². The Balaban J connectivity index is 1.66. The third kappa shape index (κ3) is 5.81. The van der Waals surface area contributed by atoms with Crippen LogP contribution in [0.5, 0.6) is 5.88 Å². The largest absolute Gasteiger partial charge is 0.475 e. The highest BCUT2D eigenvalue weighted by Crippen LogP contribution is 2.32. The molecule has 2 heterocycles. The van der Waals surface area contributed by atoms with Crippen molar-refractivity contribution in [3.05, 3.63) is 101 Å². The average Bonchev–Trinajstić information content (AvgIpc) is 2.92. The number of benzene rings is 3. The van der Waals surface area contributed by atoms with Crippen molar-refractivity contribution in [3.63, 3.8) is 0 Å². The maximum atomic E-state index is 13.7. The molecule has 8 nitrogen and oxygen atoms in total. The fraction of sp³-hybridized carbons (Fsp3) is 0.281. The number of anilines is 1. The van der Waals surface area contributed by atoms with E-state index in [-0.39, 0.29) is 40.2 Å². The second-order valence-corrected chi connectivity index (χ2v) is 13.1. The highest BCUT2D eigenvalue weighted by atomic mass is 32.2. The standard InChI is InChI=1S/C32H34N4O4S/c1-20-9-7-10-21(2)29(20)26-18-28-34-31(33-26)35-41(38,39)25-12-8-11-23(17-25)30(37)36(6)27(19-40-28)22-13-15-24(16-14-22)32(3,4)5/h7-18,27H,19H2,1-6H3,(H,33,34,35)/t27-/m0/s1. The number of hydrogen-bond donors (Lipinski definition) is 1. The van der Waals surface area contributed by atoms with Crippen LogP contribution >= 0.6 is 0 Å². The number of rotatable bonds is 2. The molecule has 1 aliphatic heterocycles. The van der Waals surface area contributed by atoms with Gasteiger partial charge in [0.1, 0.15) is 6.61 Å². The summed E-state index contributed by atoms with van der Waals surface area (Å²) in [5, 5.41) is 0. The summed E-state index contributed by atoms with van der Waals surface area (Å²) in [4.78, 5) is 24.2. The second kappa shape index (κ2) is 10.6. The number of amides is 1. The SMILES string of the molecule is Cc1cccc(C)c1-c1cc2nc(n1)NS(=O)(=O)c1cccc(c1)C(=O)N(C)[C@H](c1ccc(C(C)(C)C)cc1)CO2. The molecule has 1 aromatic heterocycles. The minimum Gasteiger partial charge on any atom is -0.475 e. The van der Waals surface area contributed by atoms with Gasteiger partial charge in [-0.05, 0) is 59.7 Å². The zero-order chi connectivity index (χ0) is 29.5. The Morgan fingerprint density at radius 3 is 2.24 bits per heavy atom. The third-order valence-corrected chi connectivity index (χ3v) is 8.72. The number of hydrogen-bond acceptors (Lipinski definition) is 6. The molecule has 0 unspecified atom stereocenters. The van der Waals surface area contributed by atoms with Crippen LogP contribution in [0.1, 0.15) is 59.4 Å². The lowest BCUT2D eigenvalue weighted by molar-refractivity contribution is 0.0672. The Hall–Kier alpha value is -4.24. The van der Waals surface area contributed by atoms with Crippen molar-refractivity contribution in [2.75, 3.05) is 18.4 Å². The zero-order valence-electron chi connectivity index (χ0n) is 24.1. The van der Waals surface area contributed by atoms with Gasteiger partial charge in [0.05, 0.1) is 16.6 Å². The minimum atomic E-state index is -4.10. The summed E-state index contributed by atoms with van der Waals surface area (Å²) in [5.74, 6) is -0.252. The van der Waals surface area contributed by atoms with Gasteiger partial charge in [0.15, 0.2) is 0 Å². The van der Waals surface area contributed by atoms with E-state index in [1.807, 2.05) is 44.2 Å². The molecule has 0 radical (unpaired) electrons. The molecule has 41 heavy (non-hydrogen) atoms. The van der Waals surface area contributed by atoms with Gasteiger partial charge >= 0.3 is 0 Å². The van der Waals surface area contributed by atoms with Crippen molar-refractivity contribution in [1.29, 1.82) is 0 Å². The predicted molar refractivity (Wildman–Crippen MR) is 160 cm³/mol. The summed E-state index contributed by atoms with van der Waals surface area (Å²) in [6.07, 6.45) is 0. The number of likely N-dealkylation sites (N-methyl/N-ethyl adjacent to an activating group) is 1. The van der Waals surface area contributed by atoms with Crippen LogP contribution < -0.4 is 9.46 Å². The number of aromatic nitrogens is 2. The topological polar surface area (TPSA) is 101 Å². The summed E-state index contributed by atoms with van der Waals surface area (Å²) in [6.45, 7) is 10.5. The van der Waals surface area contributed by atoms with Gasteiger partial charge in [0, 0.05) is 24.2 Å². The molecule has 1 amide bonds. The van der Waals surface area contributed by atoms with Gasteiger partial charge < -0.3 is 9.64 Å². The molecule has 1 aliphatic rings. The van der Waals surface area contributed by atoms with E-state index in [4.69, 9.17) is 4.74 Å². The van der Waals surface area contributed by atoms with E-state index < -0.39 is 16.1 Å². The number of carbonyl (C=O) groups excluding carboxylic acids is 1. The molecule has 4 aromatic rings. The molecule has 1 atom stereocenters. The number of sulfonamides is 1. The first-order valence-electron chi connectivity index (χ1n) is 13.4. The van der Waals surface area contributed by atoms with Crippen LogP contribution in [0.4, 0.5) is 5.95 Å². The van der Waals surface area contributed by atoms with Gasteiger partial charge in [-0.2, -0.15) is 4.98 Å². The summed E-state index contributed by atoms with van der Waals surface area (Å²) in [5.41, 5.74) is 5.64. The molecule has 5 rings (SSSR count). The van der Waals surface area contributed by atoms with Crippen LogP contribution in [-0.2, 0) is 15.4 Å². The summed E-state index contributed by atoms with van der Waals surface area (Å²) < 4.78 is 35.5. The number of aryl methyl sites for hydroxylation is 2. The van der Waals surface area contributed by atoms with Crippen LogP contribution in [-0.4, -0.2) is 42.8 Å². The molecular weight excluding hydrogens is 536 g/mol. The number of carbonyl (C=O) groups is 1. The molecule has 4 bridgehead atoms. The van der Waals surface area contributed by atoms with E-state index >= 15 is 0 Å². The van der Waals surface area contributed by atoms with Crippen LogP contribution in [0.15, 0.2) is 77.7 Å². The highest BCUT2D eigenvalue weighted by molar-refractivity contribution is 7.92. The van der Waals surface area contributed by atoms with Gasteiger partial charge in [-0.25, -0.2) is 18.1 Å². The average molecular weight is 571 g/mol. The minimum absolute atomic E-state index is 0.0259. The third-order valence-electron chi connectivity index (χ3n) is 7.40. The second-order valence-electron chi connectivity index (χ2n) is 11.4. The fourth-order valence-electron chi connectivity index (χ4n) is 5.01. The lowest BCUT2D eigenvalue weighted by Crippen LogP contribution is -2.35. The molecule has 0 aliphatic carbocycles. The molecule has 0 fully saturated rings. The Bertz CT molecular complexity index is 1710. The van der Waals surface area contributed by atoms with Crippen LogP contribution in [0, 0.1) is 13.8 Å². The van der Waals surface area contributed by atoms with Gasteiger partial charge in [-0.3, -0.25) is 4.79 Å². The molecule has 0 saturated carbocycles.